The molecule has 0 aliphatic carbocycles. The lowest BCUT2D eigenvalue weighted by Crippen LogP contribution is -2.55. The minimum Gasteiger partial charge on any atom is -0.362 e. The summed E-state index contributed by atoms with van der Waals surface area (Å²) in [6.07, 6.45) is -1.79. The van der Waals surface area contributed by atoms with Gasteiger partial charge in [0.25, 0.3) is 5.69 Å². The van der Waals surface area contributed by atoms with Crippen molar-refractivity contribution in [1.82, 2.24) is 10.2 Å². The van der Waals surface area contributed by atoms with Crippen LogP contribution in [0.15, 0.2) is 18.2 Å². The van der Waals surface area contributed by atoms with E-state index in [-0.39, 0.29) is 30.0 Å². The normalized spacial score (nSPS) is 20.5. The van der Waals surface area contributed by atoms with E-state index in [1.54, 1.807) is 9.80 Å². The molecular weight excluding hydrogens is 401 g/mol. The highest BCUT2D eigenvalue weighted by atomic mass is 35.5. The van der Waals surface area contributed by atoms with Gasteiger partial charge in [0.1, 0.15) is 5.69 Å². The van der Waals surface area contributed by atoms with E-state index in [4.69, 9.17) is 0 Å². The second kappa shape index (κ2) is 8.95. The molecule has 11 heteroatoms. The molecule has 0 radical (unpaired) electrons. The number of halogens is 4. The second-order valence-corrected chi connectivity index (χ2v) is 6.77. The molecule has 2 aliphatic heterocycles. The van der Waals surface area contributed by atoms with E-state index in [2.05, 4.69) is 5.32 Å². The Labute approximate surface area is 166 Å². The molecule has 1 aromatic rings. The standard InChI is InChI=1S/C17H21F3N4O3.ClH/c18-17(19,20)12-4-5-14(15(11-12)24(26)27)22-7-9-23(10-8-22)16(25)13-3-1-2-6-21-13;/h4-5,11,13,21H,1-3,6-10H2;1H. The van der Waals surface area contributed by atoms with Crippen molar-refractivity contribution in [3.05, 3.63) is 33.9 Å². The van der Waals surface area contributed by atoms with Crippen LogP contribution in [0.3, 0.4) is 0 Å². The molecule has 2 heterocycles. The van der Waals surface area contributed by atoms with Gasteiger partial charge in [-0.25, -0.2) is 0 Å². The first-order valence-corrected chi connectivity index (χ1v) is 8.90. The molecule has 1 atom stereocenters. The number of anilines is 1. The van der Waals surface area contributed by atoms with Gasteiger partial charge in [0.15, 0.2) is 0 Å². The van der Waals surface area contributed by atoms with Crippen LogP contribution >= 0.6 is 12.4 Å². The van der Waals surface area contributed by atoms with Crippen molar-refractivity contribution in [3.63, 3.8) is 0 Å². The second-order valence-electron chi connectivity index (χ2n) is 6.77. The van der Waals surface area contributed by atoms with Crippen molar-refractivity contribution >= 4 is 29.7 Å². The number of nitro benzene ring substituents is 1. The molecule has 0 spiro atoms. The van der Waals surface area contributed by atoms with E-state index in [9.17, 15) is 28.1 Å². The zero-order valence-corrected chi connectivity index (χ0v) is 15.9. The Morgan fingerprint density at radius 1 is 1.18 bits per heavy atom. The van der Waals surface area contributed by atoms with Crippen molar-refractivity contribution < 1.29 is 22.9 Å². The fraction of sp³-hybridized carbons (Fsp3) is 0.588. The predicted octanol–water partition coefficient (Wildman–Crippen LogP) is 2.83. The third kappa shape index (κ3) is 4.85. The number of hydrogen-bond acceptors (Lipinski definition) is 5. The Kier molecular flexibility index (Phi) is 7.11. The van der Waals surface area contributed by atoms with Crippen LogP contribution < -0.4 is 10.2 Å². The number of piperidine rings is 1. The fourth-order valence-corrected chi connectivity index (χ4v) is 3.56. The zero-order valence-electron chi connectivity index (χ0n) is 15.1. The summed E-state index contributed by atoms with van der Waals surface area (Å²) in [6.45, 7) is 2.26. The van der Waals surface area contributed by atoms with Crippen LogP contribution in [0.25, 0.3) is 0 Å². The Morgan fingerprint density at radius 2 is 1.86 bits per heavy atom. The van der Waals surface area contributed by atoms with Gasteiger partial charge in [-0.05, 0) is 31.5 Å². The van der Waals surface area contributed by atoms with Gasteiger partial charge in [-0.3, -0.25) is 14.9 Å². The lowest BCUT2D eigenvalue weighted by Gasteiger charge is -2.38. The van der Waals surface area contributed by atoms with Crippen molar-refractivity contribution in [1.29, 1.82) is 0 Å². The summed E-state index contributed by atoms with van der Waals surface area (Å²) in [5, 5.41) is 14.5. The van der Waals surface area contributed by atoms with E-state index in [0.29, 0.717) is 32.2 Å². The first-order valence-electron chi connectivity index (χ1n) is 8.90. The van der Waals surface area contributed by atoms with Gasteiger partial charge in [-0.2, -0.15) is 13.2 Å². The first-order chi connectivity index (χ1) is 12.8. The highest BCUT2D eigenvalue weighted by Crippen LogP contribution is 2.36. The number of benzene rings is 1. The smallest absolute Gasteiger partial charge is 0.362 e. The Hall–Kier alpha value is -2.07. The van der Waals surface area contributed by atoms with Crippen molar-refractivity contribution in [3.8, 4) is 0 Å². The summed E-state index contributed by atoms with van der Waals surface area (Å²) in [7, 11) is 0. The molecule has 0 aromatic heterocycles. The number of nitro groups is 1. The molecule has 28 heavy (non-hydrogen) atoms. The number of piperazine rings is 1. The summed E-state index contributed by atoms with van der Waals surface area (Å²) in [5.41, 5.74) is -1.47. The quantitative estimate of drug-likeness (QED) is 0.598. The van der Waals surface area contributed by atoms with Crippen LogP contribution in [0.5, 0.6) is 0 Å². The van der Waals surface area contributed by atoms with Gasteiger partial charge in [-0.1, -0.05) is 6.42 Å². The fourth-order valence-electron chi connectivity index (χ4n) is 3.56. The van der Waals surface area contributed by atoms with E-state index in [1.165, 1.54) is 0 Å². The maximum Gasteiger partial charge on any atom is 0.416 e. The average Bonchev–Trinajstić information content (AvgIpc) is 2.67. The summed E-state index contributed by atoms with van der Waals surface area (Å²) in [5.74, 6) is 0.0243. The molecule has 1 aromatic carbocycles. The summed E-state index contributed by atoms with van der Waals surface area (Å²) in [4.78, 5) is 26.4. The van der Waals surface area contributed by atoms with Crippen LogP contribution in [-0.4, -0.2) is 54.5 Å². The maximum absolute atomic E-state index is 12.8. The van der Waals surface area contributed by atoms with Crippen LogP contribution in [0.1, 0.15) is 24.8 Å². The number of nitrogens with zero attached hydrogens (tertiary/aromatic N) is 3. The monoisotopic (exact) mass is 422 g/mol. The predicted molar refractivity (Wildman–Crippen MR) is 99.8 cm³/mol. The van der Waals surface area contributed by atoms with Crippen molar-refractivity contribution in [2.75, 3.05) is 37.6 Å². The van der Waals surface area contributed by atoms with Gasteiger partial charge in [0.2, 0.25) is 5.91 Å². The molecule has 0 saturated carbocycles. The minimum atomic E-state index is -4.64. The van der Waals surface area contributed by atoms with Crippen LogP contribution in [0.4, 0.5) is 24.5 Å². The SMILES string of the molecule is Cl.O=C(C1CCCCN1)N1CCN(c2ccc(C(F)(F)F)cc2[N+](=O)[O-])CC1. The van der Waals surface area contributed by atoms with Crippen LogP contribution in [0.2, 0.25) is 0 Å². The number of rotatable bonds is 3. The molecule has 1 N–H and O–H groups in total. The van der Waals surface area contributed by atoms with Crippen molar-refractivity contribution in [2.24, 2.45) is 0 Å². The molecule has 7 nitrogen and oxygen atoms in total. The molecule has 1 unspecified atom stereocenters. The number of nitrogens with one attached hydrogen (secondary N) is 1. The number of hydrogen-bond donors (Lipinski definition) is 1. The number of carbonyl (C=O) groups excluding carboxylic acids is 1. The average molecular weight is 423 g/mol. The molecule has 156 valence electrons. The number of amides is 1. The lowest BCUT2D eigenvalue weighted by atomic mass is 10.0. The molecule has 3 rings (SSSR count). The van der Waals surface area contributed by atoms with E-state index in [1.807, 2.05) is 0 Å². The number of alkyl halides is 3. The molecule has 2 aliphatic rings. The minimum absolute atomic E-state index is 0. The third-order valence-corrected chi connectivity index (χ3v) is 5.04. The molecule has 1 amide bonds. The van der Waals surface area contributed by atoms with Gasteiger partial charge in [-0.15, -0.1) is 12.4 Å². The first kappa shape index (κ1) is 22.2. The highest BCUT2D eigenvalue weighted by molar-refractivity contribution is 5.85. The van der Waals surface area contributed by atoms with Crippen molar-refractivity contribution in [2.45, 2.75) is 31.5 Å². The zero-order chi connectivity index (χ0) is 19.6. The van der Waals surface area contributed by atoms with Crippen LogP contribution in [0, 0.1) is 10.1 Å². The molecule has 2 fully saturated rings. The lowest BCUT2D eigenvalue weighted by molar-refractivity contribution is -0.384. The Balaban J connectivity index is 0.00000280. The van der Waals surface area contributed by atoms with Gasteiger partial charge >= 0.3 is 6.18 Å². The maximum atomic E-state index is 12.8. The highest BCUT2D eigenvalue weighted by Gasteiger charge is 2.35. The van der Waals surface area contributed by atoms with E-state index >= 15 is 0 Å². The Bertz CT molecular complexity index is 718. The summed E-state index contributed by atoms with van der Waals surface area (Å²) >= 11 is 0. The third-order valence-electron chi connectivity index (χ3n) is 5.04. The van der Waals surface area contributed by atoms with Gasteiger partial charge in [0.05, 0.1) is 16.5 Å². The summed E-state index contributed by atoms with van der Waals surface area (Å²) < 4.78 is 38.5. The molecule has 0 bridgehead atoms. The van der Waals surface area contributed by atoms with Gasteiger partial charge < -0.3 is 15.1 Å². The van der Waals surface area contributed by atoms with Crippen LogP contribution in [-0.2, 0) is 11.0 Å². The summed E-state index contributed by atoms with van der Waals surface area (Å²) in [6, 6.07) is 2.37. The molecular formula is C17H22ClF3N4O3. The molecule has 2 saturated heterocycles. The van der Waals surface area contributed by atoms with Gasteiger partial charge in [0, 0.05) is 32.2 Å². The largest absolute Gasteiger partial charge is 0.416 e. The van der Waals surface area contributed by atoms with E-state index < -0.39 is 22.4 Å². The van der Waals surface area contributed by atoms with E-state index in [0.717, 1.165) is 37.9 Å². The Morgan fingerprint density at radius 3 is 2.39 bits per heavy atom. The topological polar surface area (TPSA) is 78.7 Å². The number of carbonyl (C=O) groups is 1.